The minimum Gasteiger partial charge on any atom is -0.399 e. The van der Waals surface area contributed by atoms with Gasteiger partial charge in [-0.2, -0.15) is 0 Å². The first kappa shape index (κ1) is 9.50. The maximum absolute atomic E-state index is 10.8. The minimum atomic E-state index is -3.66. The van der Waals surface area contributed by atoms with Crippen molar-refractivity contribution in [1.82, 2.24) is 0 Å². The van der Waals surface area contributed by atoms with Gasteiger partial charge in [0.1, 0.15) is 0 Å². The van der Waals surface area contributed by atoms with Gasteiger partial charge in [-0.3, -0.25) is 0 Å². The van der Waals surface area contributed by atoms with Crippen LogP contribution in [0.15, 0.2) is 27.6 Å². The van der Waals surface area contributed by atoms with Crippen molar-refractivity contribution >= 4 is 31.6 Å². The molecule has 4 nitrogen and oxygen atoms in total. The summed E-state index contributed by atoms with van der Waals surface area (Å²) in [7, 11) is -3.66. The van der Waals surface area contributed by atoms with Gasteiger partial charge in [-0.15, -0.1) is 0 Å². The number of benzene rings is 1. The van der Waals surface area contributed by atoms with Gasteiger partial charge in [0.05, 0.1) is 4.90 Å². The smallest absolute Gasteiger partial charge is 0.238 e. The second kappa shape index (κ2) is 3.04. The highest BCUT2D eigenvalue weighted by molar-refractivity contribution is 9.10. The maximum Gasteiger partial charge on any atom is 0.238 e. The largest absolute Gasteiger partial charge is 0.399 e. The lowest BCUT2D eigenvalue weighted by molar-refractivity contribution is 0.598. The molecule has 0 saturated carbocycles. The van der Waals surface area contributed by atoms with Crippen molar-refractivity contribution in [1.29, 1.82) is 0 Å². The van der Waals surface area contributed by atoms with E-state index in [1.807, 2.05) is 0 Å². The first-order chi connectivity index (χ1) is 5.39. The van der Waals surface area contributed by atoms with Crippen molar-refractivity contribution in [2.45, 2.75) is 4.90 Å². The Hall–Kier alpha value is -0.590. The molecule has 0 radical (unpaired) electrons. The number of sulfonamides is 1. The second-order valence-corrected chi connectivity index (χ2v) is 4.74. The molecule has 0 atom stereocenters. The molecule has 0 bridgehead atoms. The summed E-state index contributed by atoms with van der Waals surface area (Å²) in [5.74, 6) is 0. The lowest BCUT2D eigenvalue weighted by Crippen LogP contribution is -2.12. The molecule has 0 spiro atoms. The molecule has 6 heteroatoms. The molecular weight excluding hydrogens is 244 g/mol. The van der Waals surface area contributed by atoms with Crippen LogP contribution in [0.2, 0.25) is 0 Å². The Morgan fingerprint density at radius 2 is 1.83 bits per heavy atom. The molecule has 66 valence electrons. The van der Waals surface area contributed by atoms with Crippen LogP contribution in [-0.4, -0.2) is 8.42 Å². The Labute approximate surface area is 78.7 Å². The third-order valence-electron chi connectivity index (χ3n) is 1.22. The third kappa shape index (κ3) is 2.20. The zero-order chi connectivity index (χ0) is 9.35. The normalized spacial score (nSPS) is 11.5. The summed E-state index contributed by atoms with van der Waals surface area (Å²) in [5.41, 5.74) is 5.76. The van der Waals surface area contributed by atoms with E-state index < -0.39 is 10.0 Å². The second-order valence-electron chi connectivity index (χ2n) is 2.27. The zero-order valence-electron chi connectivity index (χ0n) is 5.99. The molecule has 12 heavy (non-hydrogen) atoms. The molecule has 1 aromatic rings. The van der Waals surface area contributed by atoms with Gasteiger partial charge in [-0.25, -0.2) is 13.6 Å². The van der Waals surface area contributed by atoms with Gasteiger partial charge in [0, 0.05) is 10.2 Å². The predicted octanol–water partition coefficient (Wildman–Crippen LogP) is 0.679. The van der Waals surface area contributed by atoms with Crippen molar-refractivity contribution < 1.29 is 8.42 Å². The van der Waals surface area contributed by atoms with Crippen LogP contribution in [0.25, 0.3) is 0 Å². The summed E-state index contributed by atoms with van der Waals surface area (Å²) in [4.78, 5) is 0.00868. The Bertz CT molecular complexity index is 382. The fraction of sp³-hybridized carbons (Fsp3) is 0. The molecule has 0 aliphatic carbocycles. The highest BCUT2D eigenvalue weighted by atomic mass is 79.9. The van der Waals surface area contributed by atoms with Crippen LogP contribution in [0.3, 0.4) is 0 Å². The fourth-order valence-corrected chi connectivity index (χ4v) is 2.00. The number of hydrogen-bond donors (Lipinski definition) is 2. The SMILES string of the molecule is Nc1cc(Br)cc(S(N)(=O)=O)c1. The van der Waals surface area contributed by atoms with E-state index in [0.717, 1.165) is 0 Å². The van der Waals surface area contributed by atoms with Crippen LogP contribution in [0, 0.1) is 0 Å². The Balaban J connectivity index is 3.37. The molecule has 0 aromatic heterocycles. The molecule has 0 heterocycles. The number of rotatable bonds is 1. The summed E-state index contributed by atoms with van der Waals surface area (Å²) in [6, 6.07) is 4.29. The molecule has 0 aliphatic rings. The number of anilines is 1. The van der Waals surface area contributed by atoms with Crippen LogP contribution in [0.1, 0.15) is 0 Å². The number of hydrogen-bond acceptors (Lipinski definition) is 3. The van der Waals surface area contributed by atoms with Crippen molar-refractivity contribution in [2.24, 2.45) is 5.14 Å². The van der Waals surface area contributed by atoms with Gasteiger partial charge in [-0.1, -0.05) is 15.9 Å². The maximum atomic E-state index is 10.8. The van der Waals surface area contributed by atoms with Crippen LogP contribution in [0.5, 0.6) is 0 Å². The van der Waals surface area contributed by atoms with E-state index in [1.165, 1.54) is 12.1 Å². The van der Waals surface area contributed by atoms with Gasteiger partial charge in [-0.05, 0) is 18.2 Å². The molecule has 0 amide bonds. The summed E-state index contributed by atoms with van der Waals surface area (Å²) in [6.45, 7) is 0. The highest BCUT2D eigenvalue weighted by Gasteiger charge is 2.08. The molecule has 1 aromatic carbocycles. The fourth-order valence-electron chi connectivity index (χ4n) is 0.749. The Kier molecular flexibility index (Phi) is 2.41. The zero-order valence-corrected chi connectivity index (χ0v) is 8.39. The van der Waals surface area contributed by atoms with E-state index in [0.29, 0.717) is 10.2 Å². The number of nitrogens with two attached hydrogens (primary N) is 2. The first-order valence-electron chi connectivity index (χ1n) is 2.98. The van der Waals surface area contributed by atoms with Crippen LogP contribution >= 0.6 is 15.9 Å². The standard InChI is InChI=1S/C6H7BrN2O2S/c7-4-1-5(8)3-6(2-4)12(9,10)11/h1-3H,8H2,(H2,9,10,11). The summed E-state index contributed by atoms with van der Waals surface area (Å²) in [6.07, 6.45) is 0. The molecule has 4 N–H and O–H groups in total. The third-order valence-corrected chi connectivity index (χ3v) is 2.57. The van der Waals surface area contributed by atoms with Crippen LogP contribution in [-0.2, 0) is 10.0 Å². The molecule has 1 rings (SSSR count). The van der Waals surface area contributed by atoms with E-state index in [1.54, 1.807) is 6.07 Å². The number of nitrogen functional groups attached to an aromatic ring is 1. The quantitative estimate of drug-likeness (QED) is 0.719. The van der Waals surface area contributed by atoms with E-state index in [4.69, 9.17) is 10.9 Å². The van der Waals surface area contributed by atoms with Gasteiger partial charge in [0.15, 0.2) is 0 Å². The monoisotopic (exact) mass is 250 g/mol. The lowest BCUT2D eigenvalue weighted by atomic mass is 10.3. The van der Waals surface area contributed by atoms with Crippen LogP contribution < -0.4 is 10.9 Å². The van der Waals surface area contributed by atoms with Crippen molar-refractivity contribution in [3.63, 3.8) is 0 Å². The van der Waals surface area contributed by atoms with Gasteiger partial charge in [0.2, 0.25) is 10.0 Å². The van der Waals surface area contributed by atoms with Crippen molar-refractivity contribution in [2.75, 3.05) is 5.73 Å². The molecule has 0 aliphatic heterocycles. The van der Waals surface area contributed by atoms with Crippen molar-refractivity contribution in [3.8, 4) is 0 Å². The average molecular weight is 251 g/mol. The van der Waals surface area contributed by atoms with E-state index in [-0.39, 0.29) is 4.90 Å². The topological polar surface area (TPSA) is 86.2 Å². The molecule has 0 fully saturated rings. The first-order valence-corrected chi connectivity index (χ1v) is 5.32. The number of primary sulfonamides is 1. The molecular formula is C6H7BrN2O2S. The lowest BCUT2D eigenvalue weighted by Gasteiger charge is -2.00. The summed E-state index contributed by atoms with van der Waals surface area (Å²) in [5, 5.41) is 4.89. The minimum absolute atomic E-state index is 0.00868. The number of halogens is 1. The Morgan fingerprint density at radius 3 is 2.25 bits per heavy atom. The van der Waals surface area contributed by atoms with E-state index in [2.05, 4.69) is 15.9 Å². The predicted molar refractivity (Wildman–Crippen MR) is 49.9 cm³/mol. The summed E-state index contributed by atoms with van der Waals surface area (Å²) >= 11 is 3.11. The van der Waals surface area contributed by atoms with Crippen molar-refractivity contribution in [3.05, 3.63) is 22.7 Å². The van der Waals surface area contributed by atoms with Gasteiger partial charge >= 0.3 is 0 Å². The molecule has 0 unspecified atom stereocenters. The van der Waals surface area contributed by atoms with E-state index in [9.17, 15) is 8.42 Å². The Morgan fingerprint density at radius 1 is 1.25 bits per heavy atom. The van der Waals surface area contributed by atoms with E-state index >= 15 is 0 Å². The van der Waals surface area contributed by atoms with Crippen LogP contribution in [0.4, 0.5) is 5.69 Å². The van der Waals surface area contributed by atoms with Gasteiger partial charge < -0.3 is 5.73 Å². The molecule has 0 saturated heterocycles. The average Bonchev–Trinajstić information content (AvgIpc) is 1.82. The summed E-state index contributed by atoms with van der Waals surface area (Å²) < 4.78 is 22.3. The highest BCUT2D eigenvalue weighted by Crippen LogP contribution is 2.19. The van der Waals surface area contributed by atoms with Gasteiger partial charge in [0.25, 0.3) is 0 Å².